The van der Waals surface area contributed by atoms with Crippen LogP contribution >= 0.6 is 11.8 Å². The molecular weight excluding hydrogens is 322 g/mol. The molecule has 1 aliphatic heterocycles. The first-order valence-corrected chi connectivity index (χ1v) is 8.87. The summed E-state index contributed by atoms with van der Waals surface area (Å²) < 4.78 is 47.4. The third kappa shape index (κ3) is 4.85. The number of rotatable bonds is 4. The van der Waals surface area contributed by atoms with Crippen LogP contribution in [0.25, 0.3) is 0 Å². The second kappa shape index (κ2) is 6.61. The van der Waals surface area contributed by atoms with Crippen LogP contribution in [0.15, 0.2) is 29.2 Å². The summed E-state index contributed by atoms with van der Waals surface area (Å²) in [5.41, 5.74) is 0.265. The summed E-state index contributed by atoms with van der Waals surface area (Å²) >= 11 is 0.338. The molecule has 2 rings (SSSR count). The van der Waals surface area contributed by atoms with Gasteiger partial charge in [0.15, 0.2) is 9.84 Å². The Kier molecular flexibility index (Phi) is 5.04. The van der Waals surface area contributed by atoms with Crippen molar-refractivity contribution in [3.05, 3.63) is 24.3 Å². The Morgan fingerprint density at radius 3 is 2.67 bits per heavy atom. The largest absolute Gasteiger partial charge is 0.334 e. The molecule has 0 spiro atoms. The van der Waals surface area contributed by atoms with Crippen LogP contribution in [0.3, 0.4) is 0 Å². The van der Waals surface area contributed by atoms with Gasteiger partial charge in [-0.2, -0.15) is 8.78 Å². The molecule has 2 N–H and O–H groups in total. The lowest BCUT2D eigenvalue weighted by atomic mass is 10.3. The van der Waals surface area contributed by atoms with E-state index in [-0.39, 0.29) is 22.1 Å². The van der Waals surface area contributed by atoms with Gasteiger partial charge >= 0.3 is 6.03 Å². The van der Waals surface area contributed by atoms with Crippen LogP contribution in [0.4, 0.5) is 19.3 Å². The average molecular weight is 336 g/mol. The molecule has 1 aromatic rings. The van der Waals surface area contributed by atoms with Gasteiger partial charge in [-0.05, 0) is 18.6 Å². The summed E-state index contributed by atoms with van der Waals surface area (Å²) in [4.78, 5) is 12.1. The highest BCUT2D eigenvalue weighted by Gasteiger charge is 2.29. The zero-order chi connectivity index (χ0) is 15.5. The first-order chi connectivity index (χ1) is 9.85. The zero-order valence-corrected chi connectivity index (χ0v) is 12.5. The van der Waals surface area contributed by atoms with Crippen molar-refractivity contribution in [2.24, 2.45) is 0 Å². The van der Waals surface area contributed by atoms with Crippen LogP contribution in [0.1, 0.15) is 6.42 Å². The molecule has 1 aromatic carbocycles. The first kappa shape index (κ1) is 16.0. The molecule has 2 amide bonds. The van der Waals surface area contributed by atoms with E-state index < -0.39 is 27.7 Å². The fourth-order valence-corrected chi connectivity index (χ4v) is 4.29. The maximum atomic E-state index is 12.4. The minimum absolute atomic E-state index is 0.0514. The number of hydrogen-bond acceptors (Lipinski definition) is 4. The third-order valence-corrected chi connectivity index (χ3v) is 5.48. The molecular formula is C12H14F2N2O3S2. The molecule has 0 radical (unpaired) electrons. The van der Waals surface area contributed by atoms with Crippen molar-refractivity contribution in [3.63, 3.8) is 0 Å². The lowest BCUT2D eigenvalue weighted by Gasteiger charge is -2.14. The van der Waals surface area contributed by atoms with E-state index >= 15 is 0 Å². The molecule has 1 aliphatic rings. The lowest BCUT2D eigenvalue weighted by Crippen LogP contribution is -2.38. The normalized spacial score (nSPS) is 20.4. The molecule has 9 heteroatoms. The standard InChI is InChI=1S/C12H14F2N2O3S2/c13-11(14)20-10-4-2-1-3-9(10)16-12(17)15-8-5-6-21(18,19)7-8/h1-4,8,11H,5-7H2,(H2,15,16,17). The van der Waals surface area contributed by atoms with E-state index in [4.69, 9.17) is 0 Å². The molecule has 1 saturated heterocycles. The molecule has 1 heterocycles. The fourth-order valence-electron chi connectivity index (χ4n) is 2.02. The minimum atomic E-state index is -3.08. The smallest absolute Gasteiger partial charge is 0.319 e. The number of halogens is 2. The molecule has 0 bridgehead atoms. The van der Waals surface area contributed by atoms with Gasteiger partial charge in [-0.15, -0.1) is 0 Å². The monoisotopic (exact) mass is 336 g/mol. The highest BCUT2D eigenvalue weighted by atomic mass is 32.2. The number of amides is 2. The fraction of sp³-hybridized carbons (Fsp3) is 0.417. The van der Waals surface area contributed by atoms with Gasteiger partial charge in [0.05, 0.1) is 17.2 Å². The molecule has 21 heavy (non-hydrogen) atoms. The van der Waals surface area contributed by atoms with Gasteiger partial charge in [0.2, 0.25) is 0 Å². The van der Waals surface area contributed by atoms with Gasteiger partial charge in [0, 0.05) is 10.9 Å². The highest BCUT2D eigenvalue weighted by molar-refractivity contribution is 7.99. The molecule has 0 aromatic heterocycles. The summed E-state index contributed by atoms with van der Waals surface area (Å²) in [5, 5.41) is 5.01. The second-order valence-corrected chi connectivity index (χ2v) is 7.83. The maximum absolute atomic E-state index is 12.4. The number of anilines is 1. The Balaban J connectivity index is 1.97. The predicted octanol–water partition coefficient (Wildman–Crippen LogP) is 2.31. The quantitative estimate of drug-likeness (QED) is 0.828. The van der Waals surface area contributed by atoms with Crippen LogP contribution in [-0.2, 0) is 9.84 Å². The van der Waals surface area contributed by atoms with Crippen molar-refractivity contribution in [3.8, 4) is 0 Å². The summed E-state index contributed by atoms with van der Waals surface area (Å²) in [7, 11) is -3.08. The topological polar surface area (TPSA) is 75.3 Å². The Morgan fingerprint density at radius 1 is 1.33 bits per heavy atom. The van der Waals surface area contributed by atoms with E-state index in [0.717, 1.165) is 0 Å². The Labute approximate surface area is 125 Å². The number of urea groups is 1. The number of carbonyl (C=O) groups excluding carboxylic acids is 1. The molecule has 1 fully saturated rings. The van der Waals surface area contributed by atoms with Gasteiger partial charge in [-0.25, -0.2) is 13.2 Å². The summed E-state index contributed by atoms with van der Waals surface area (Å²) in [5.74, 6) is -2.63. The number of benzene rings is 1. The van der Waals surface area contributed by atoms with Gasteiger partial charge in [0.1, 0.15) is 0 Å². The second-order valence-electron chi connectivity index (χ2n) is 4.57. The zero-order valence-electron chi connectivity index (χ0n) is 10.9. The number of hydrogen-bond donors (Lipinski definition) is 2. The first-order valence-electron chi connectivity index (χ1n) is 6.17. The van der Waals surface area contributed by atoms with Gasteiger partial charge < -0.3 is 10.6 Å². The van der Waals surface area contributed by atoms with Crippen molar-refractivity contribution in [1.29, 1.82) is 0 Å². The van der Waals surface area contributed by atoms with Crippen molar-refractivity contribution in [2.75, 3.05) is 16.8 Å². The number of nitrogens with one attached hydrogen (secondary N) is 2. The molecule has 1 atom stereocenters. The van der Waals surface area contributed by atoms with E-state index in [1.807, 2.05) is 0 Å². The molecule has 1 unspecified atom stereocenters. The molecule has 5 nitrogen and oxygen atoms in total. The Hall–Kier alpha value is -1.35. The maximum Gasteiger partial charge on any atom is 0.319 e. The summed E-state index contributed by atoms with van der Waals surface area (Å²) in [6, 6.07) is 5.16. The predicted molar refractivity (Wildman–Crippen MR) is 77.5 cm³/mol. The van der Waals surface area contributed by atoms with Crippen molar-refractivity contribution >= 4 is 33.3 Å². The summed E-state index contributed by atoms with van der Waals surface area (Å²) in [6.45, 7) is 0. The van der Waals surface area contributed by atoms with Gasteiger partial charge in [-0.1, -0.05) is 23.9 Å². The Bertz CT molecular complexity index is 623. The molecule has 116 valence electrons. The van der Waals surface area contributed by atoms with Gasteiger partial charge in [-0.3, -0.25) is 0 Å². The van der Waals surface area contributed by atoms with E-state index in [1.54, 1.807) is 12.1 Å². The average Bonchev–Trinajstić information content (AvgIpc) is 2.70. The number of carbonyl (C=O) groups is 1. The highest BCUT2D eigenvalue weighted by Crippen LogP contribution is 2.31. The van der Waals surface area contributed by atoms with Crippen molar-refractivity contribution in [1.82, 2.24) is 5.32 Å². The summed E-state index contributed by atoms with van der Waals surface area (Å²) in [6.07, 6.45) is 0.364. The van der Waals surface area contributed by atoms with E-state index in [2.05, 4.69) is 10.6 Å². The Morgan fingerprint density at radius 2 is 2.05 bits per heavy atom. The number of sulfone groups is 1. The molecule has 0 saturated carbocycles. The number of alkyl halides is 2. The third-order valence-electron chi connectivity index (χ3n) is 2.92. The molecule has 0 aliphatic carbocycles. The SMILES string of the molecule is O=C(Nc1ccccc1SC(F)F)NC1CCS(=O)(=O)C1. The number of para-hydroxylation sites is 1. The van der Waals surface area contributed by atoms with Crippen molar-refractivity contribution in [2.45, 2.75) is 23.1 Å². The van der Waals surface area contributed by atoms with Crippen LogP contribution in [0.5, 0.6) is 0 Å². The number of thioether (sulfide) groups is 1. The van der Waals surface area contributed by atoms with Crippen molar-refractivity contribution < 1.29 is 22.0 Å². The lowest BCUT2D eigenvalue weighted by molar-refractivity contribution is 0.249. The van der Waals surface area contributed by atoms with Crippen LogP contribution < -0.4 is 10.6 Å². The van der Waals surface area contributed by atoms with E-state index in [0.29, 0.717) is 18.2 Å². The van der Waals surface area contributed by atoms with Crippen LogP contribution in [0.2, 0.25) is 0 Å². The van der Waals surface area contributed by atoms with Gasteiger partial charge in [0.25, 0.3) is 5.76 Å². The van der Waals surface area contributed by atoms with E-state index in [9.17, 15) is 22.0 Å². The van der Waals surface area contributed by atoms with E-state index in [1.165, 1.54) is 12.1 Å². The minimum Gasteiger partial charge on any atom is -0.334 e. The van der Waals surface area contributed by atoms with Crippen LogP contribution in [0, 0.1) is 0 Å². The van der Waals surface area contributed by atoms with Crippen LogP contribution in [-0.4, -0.2) is 37.8 Å².